The van der Waals surface area contributed by atoms with Gasteiger partial charge in [-0.1, -0.05) is 331 Å². The summed E-state index contributed by atoms with van der Waals surface area (Å²) >= 11 is 3.47. The first kappa shape index (κ1) is 61.9. The molecule has 18 aromatic carbocycles. The first-order valence-electron chi connectivity index (χ1n) is 34.4. The summed E-state index contributed by atoms with van der Waals surface area (Å²) in [5.41, 5.74) is 20.8. The van der Waals surface area contributed by atoms with E-state index in [1.54, 1.807) is 0 Å². The summed E-state index contributed by atoms with van der Waals surface area (Å²) in [6.07, 6.45) is 0. The number of hydrogen-bond donors (Lipinski definition) is 2. The number of hydrogen-bond acceptors (Lipinski definition) is 4. The van der Waals surface area contributed by atoms with Crippen LogP contribution in [0, 0.1) is 0 Å². The Morgan fingerprint density at radius 3 is 0.931 bits per heavy atom. The van der Waals surface area contributed by atoms with Crippen molar-refractivity contribution in [3.63, 3.8) is 0 Å². The van der Waals surface area contributed by atoms with E-state index >= 15 is 0 Å². The van der Waals surface area contributed by atoms with Crippen molar-refractivity contribution < 1.29 is 18.9 Å². The monoisotopic (exact) mass is 1370 g/mol. The molecule has 4 nitrogen and oxygen atoms in total. The molecule has 20 rings (SSSR count). The van der Waals surface area contributed by atoms with Gasteiger partial charge in [-0.2, -0.15) is 0 Å². The summed E-state index contributed by atoms with van der Waals surface area (Å²) in [6.45, 7) is 0. The molecular formula is C96H62BBrO4. The summed E-state index contributed by atoms with van der Waals surface area (Å²) in [6, 6.07) is 128. The normalized spacial score (nSPS) is 11.5. The minimum Gasteiger partial charge on any atom is -0.455 e. The van der Waals surface area contributed by atoms with E-state index in [1.807, 2.05) is 66.7 Å². The molecule has 0 aliphatic rings. The van der Waals surface area contributed by atoms with Crippen molar-refractivity contribution in [3.05, 3.63) is 368 Å². The second kappa shape index (κ2) is 26.4. The highest BCUT2D eigenvalue weighted by Gasteiger charge is 2.24. The van der Waals surface area contributed by atoms with Crippen molar-refractivity contribution in [2.45, 2.75) is 0 Å². The summed E-state index contributed by atoms with van der Waals surface area (Å²) in [5.74, 6) is 0. The predicted molar refractivity (Wildman–Crippen MR) is 434 cm³/mol. The van der Waals surface area contributed by atoms with E-state index in [0.717, 1.165) is 98.1 Å². The van der Waals surface area contributed by atoms with Crippen LogP contribution in [-0.2, 0) is 0 Å². The average molecular weight is 1370 g/mol. The highest BCUT2D eigenvalue weighted by atomic mass is 79.9. The van der Waals surface area contributed by atoms with Gasteiger partial charge in [0.05, 0.1) is 0 Å². The van der Waals surface area contributed by atoms with Crippen LogP contribution in [0.1, 0.15) is 0 Å². The zero-order chi connectivity index (χ0) is 68.2. The lowest BCUT2D eigenvalue weighted by atomic mass is 9.72. The van der Waals surface area contributed by atoms with E-state index in [2.05, 4.69) is 313 Å². The Balaban J connectivity index is 0.000000121. The fraction of sp³-hybridized carbons (Fsp3) is 0. The lowest BCUT2D eigenvalue weighted by molar-refractivity contribution is 0.426. The molecule has 6 heteroatoms. The van der Waals surface area contributed by atoms with Crippen LogP contribution in [0.5, 0.6) is 0 Å². The van der Waals surface area contributed by atoms with Gasteiger partial charge in [0.25, 0.3) is 0 Å². The molecule has 102 heavy (non-hydrogen) atoms. The molecule has 0 aliphatic carbocycles. The van der Waals surface area contributed by atoms with Crippen molar-refractivity contribution >= 4 is 137 Å². The molecule has 0 saturated carbocycles. The molecule has 20 aromatic rings. The van der Waals surface area contributed by atoms with Crippen LogP contribution in [0.2, 0.25) is 0 Å². The number of rotatable bonds is 8. The standard InChI is InChI=1S/C48H30O.C30H21BO2.C18H11BrO/c1-2-12-34-29-36(28-23-31(34)11-1)35-13-9-14-37(30-35)47-42-18-5-3-16-40(42)46(41-17-4-6-19-43(41)47)33-26-24-32(25-27-33)38-20-10-21-44-39-15-7-8-22-45(39)49-48(38)44;32-31(33)30-27-14-5-3-12-25(27)29(26-13-4-6-15-28(26)30)24-11-7-10-22(19-24)23-17-16-20-8-1-2-9-21(20)18-23;19-13-10-8-12(9-11-13)14-5-3-6-16-15-4-1-2-7-17(15)20-18(14)16/h1-30H;1-19,32-33H;1-11H. The Morgan fingerprint density at radius 2 is 0.510 bits per heavy atom. The Bertz CT molecular complexity index is 6510. The minimum atomic E-state index is -1.54. The predicted octanol–water partition coefficient (Wildman–Crippen LogP) is 25.9. The number of benzene rings is 18. The number of halogens is 1. The maximum absolute atomic E-state index is 10.2. The van der Waals surface area contributed by atoms with E-state index in [1.165, 1.54) is 92.8 Å². The third-order valence-electron chi connectivity index (χ3n) is 20.1. The summed E-state index contributed by atoms with van der Waals surface area (Å²) in [7, 11) is -1.54. The van der Waals surface area contributed by atoms with E-state index < -0.39 is 7.12 Å². The molecule has 2 aromatic heterocycles. The topological polar surface area (TPSA) is 66.7 Å². The van der Waals surface area contributed by atoms with Gasteiger partial charge in [0.15, 0.2) is 0 Å². The second-order valence-corrected chi connectivity index (χ2v) is 26.9. The summed E-state index contributed by atoms with van der Waals surface area (Å²) in [5, 5.41) is 38.8. The van der Waals surface area contributed by atoms with Crippen LogP contribution < -0.4 is 5.46 Å². The van der Waals surface area contributed by atoms with Crippen LogP contribution in [0.4, 0.5) is 0 Å². The molecule has 2 heterocycles. The average Bonchev–Trinajstić information content (AvgIpc) is 1.13. The number of furan rings is 2. The minimum absolute atomic E-state index is 0.552. The molecule has 0 fully saturated rings. The van der Waals surface area contributed by atoms with Gasteiger partial charge in [0.2, 0.25) is 0 Å². The Kier molecular flexibility index (Phi) is 16.0. The van der Waals surface area contributed by atoms with Gasteiger partial charge in [-0.25, -0.2) is 0 Å². The third kappa shape index (κ3) is 11.3. The Hall–Kier alpha value is -12.4. The van der Waals surface area contributed by atoms with Gasteiger partial charge in [-0.15, -0.1) is 0 Å². The van der Waals surface area contributed by atoms with E-state index in [-0.39, 0.29) is 0 Å². The summed E-state index contributed by atoms with van der Waals surface area (Å²) < 4.78 is 13.5. The maximum Gasteiger partial charge on any atom is 0.489 e. The highest BCUT2D eigenvalue weighted by molar-refractivity contribution is 9.10. The molecule has 0 unspecified atom stereocenters. The molecule has 0 radical (unpaired) electrons. The zero-order valence-electron chi connectivity index (χ0n) is 55.3. The first-order chi connectivity index (χ1) is 50.3. The van der Waals surface area contributed by atoms with E-state index in [0.29, 0.717) is 5.46 Å². The van der Waals surface area contributed by atoms with E-state index in [9.17, 15) is 10.0 Å². The second-order valence-electron chi connectivity index (χ2n) is 26.0. The van der Waals surface area contributed by atoms with Gasteiger partial charge in [0.1, 0.15) is 22.3 Å². The molecule has 0 saturated heterocycles. The number of para-hydroxylation sites is 4. The molecular weight excluding hydrogens is 1310 g/mol. The van der Waals surface area contributed by atoms with Crippen LogP contribution in [0.3, 0.4) is 0 Å². The van der Waals surface area contributed by atoms with Crippen molar-refractivity contribution in [3.8, 4) is 77.9 Å². The maximum atomic E-state index is 10.2. The largest absolute Gasteiger partial charge is 0.489 e. The molecule has 0 amide bonds. The Labute approximate surface area is 598 Å². The van der Waals surface area contributed by atoms with Crippen molar-refractivity contribution in [2.75, 3.05) is 0 Å². The van der Waals surface area contributed by atoms with Gasteiger partial charge in [-0.05, 0) is 185 Å². The van der Waals surface area contributed by atoms with Crippen molar-refractivity contribution in [2.24, 2.45) is 0 Å². The van der Waals surface area contributed by atoms with Crippen LogP contribution >= 0.6 is 15.9 Å². The van der Waals surface area contributed by atoms with Gasteiger partial charge >= 0.3 is 7.12 Å². The van der Waals surface area contributed by atoms with Gasteiger partial charge in [-0.3, -0.25) is 0 Å². The van der Waals surface area contributed by atoms with Crippen LogP contribution in [0.25, 0.3) is 186 Å². The number of fused-ring (bicyclic) bond motifs is 12. The lowest BCUT2D eigenvalue weighted by Crippen LogP contribution is -2.31. The molecule has 0 bridgehead atoms. The SMILES string of the molecule is Brc1ccc(-c2cccc3c2oc2ccccc23)cc1.OB(O)c1c2ccccc2c(-c2cccc(-c3ccc4ccccc4c3)c2)c2ccccc12.c1cc(-c2ccc3ccccc3c2)cc(-c2c3ccccc3c(-c3ccc(-c4cccc5c4oc4ccccc45)cc3)c3ccccc23)c1. The van der Waals surface area contributed by atoms with Gasteiger partial charge < -0.3 is 18.9 Å². The molecule has 0 spiro atoms. The van der Waals surface area contributed by atoms with Gasteiger partial charge in [0, 0.05) is 37.1 Å². The third-order valence-corrected chi connectivity index (χ3v) is 20.6. The van der Waals surface area contributed by atoms with E-state index in [4.69, 9.17) is 8.83 Å². The van der Waals surface area contributed by atoms with Crippen molar-refractivity contribution in [1.29, 1.82) is 0 Å². The smallest absolute Gasteiger partial charge is 0.455 e. The molecule has 0 aliphatic heterocycles. The first-order valence-corrected chi connectivity index (χ1v) is 35.2. The quantitative estimate of drug-likeness (QED) is 0.118. The fourth-order valence-corrected chi connectivity index (χ4v) is 15.6. The molecule has 480 valence electrons. The summed E-state index contributed by atoms with van der Waals surface area (Å²) in [4.78, 5) is 0. The Morgan fingerprint density at radius 1 is 0.216 bits per heavy atom. The fourth-order valence-electron chi connectivity index (χ4n) is 15.3. The van der Waals surface area contributed by atoms with Crippen LogP contribution in [-0.4, -0.2) is 17.2 Å². The van der Waals surface area contributed by atoms with Crippen molar-refractivity contribution in [1.82, 2.24) is 0 Å². The molecule has 0 atom stereocenters. The molecule has 2 N–H and O–H groups in total. The highest BCUT2D eigenvalue weighted by Crippen LogP contribution is 2.46. The van der Waals surface area contributed by atoms with Crippen LogP contribution in [0.15, 0.2) is 377 Å². The lowest BCUT2D eigenvalue weighted by Gasteiger charge is -2.18. The zero-order valence-corrected chi connectivity index (χ0v) is 56.9.